The molecule has 4 nitrogen and oxygen atoms in total. The molecule has 156 valence electrons. The zero-order valence-corrected chi connectivity index (χ0v) is 17.3. The van der Waals surface area contributed by atoms with E-state index in [1.807, 2.05) is 12.3 Å². The van der Waals surface area contributed by atoms with Crippen molar-refractivity contribution in [2.24, 2.45) is 11.3 Å². The molecule has 2 aromatic carbocycles. The highest BCUT2D eigenvalue weighted by atomic mass is 19.1. The maximum absolute atomic E-state index is 13.8. The number of carbonyl (C=O) groups excluding carboxylic acids is 1. The molecule has 1 heterocycles. The summed E-state index contributed by atoms with van der Waals surface area (Å²) in [5.74, 6) is 0.273. The minimum Gasteiger partial charge on any atom is -0.326 e. The molecule has 31 heavy (non-hydrogen) atoms. The van der Waals surface area contributed by atoms with Crippen molar-refractivity contribution in [1.29, 1.82) is 5.26 Å². The number of amides is 1. The molecule has 1 N–H and O–H groups in total. The van der Waals surface area contributed by atoms with Crippen LogP contribution in [0.25, 0.3) is 10.9 Å². The smallest absolute Gasteiger partial charge is 0.228 e. The Morgan fingerprint density at radius 3 is 2.48 bits per heavy atom. The van der Waals surface area contributed by atoms with Gasteiger partial charge in [-0.1, -0.05) is 0 Å². The number of nitrogens with zero attached hydrogens (tertiary/aromatic N) is 2. The van der Waals surface area contributed by atoms with Crippen molar-refractivity contribution in [2.45, 2.75) is 44.4 Å². The lowest BCUT2D eigenvalue weighted by Crippen LogP contribution is -2.48. The third kappa shape index (κ3) is 3.57. The molecule has 0 radical (unpaired) electrons. The van der Waals surface area contributed by atoms with Gasteiger partial charge in [0.05, 0.1) is 17.1 Å². The van der Waals surface area contributed by atoms with Gasteiger partial charge in [-0.2, -0.15) is 5.26 Å². The van der Waals surface area contributed by atoms with Crippen molar-refractivity contribution >= 4 is 22.5 Å². The molecule has 2 saturated carbocycles. The second-order valence-corrected chi connectivity index (χ2v) is 8.97. The lowest BCUT2D eigenvalue weighted by molar-refractivity contribution is -0.133. The van der Waals surface area contributed by atoms with Crippen molar-refractivity contribution in [3.63, 3.8) is 0 Å². The van der Waals surface area contributed by atoms with Gasteiger partial charge in [-0.25, -0.2) is 4.39 Å². The minimum atomic E-state index is -0.229. The maximum Gasteiger partial charge on any atom is 0.228 e. The van der Waals surface area contributed by atoms with Crippen molar-refractivity contribution in [3.8, 4) is 6.07 Å². The van der Waals surface area contributed by atoms with Crippen LogP contribution in [0.3, 0.4) is 0 Å². The van der Waals surface area contributed by atoms with Gasteiger partial charge in [0, 0.05) is 23.2 Å². The summed E-state index contributed by atoms with van der Waals surface area (Å²) in [7, 11) is 0. The third-order valence-electron chi connectivity index (χ3n) is 7.43. The van der Waals surface area contributed by atoms with Gasteiger partial charge in [0.1, 0.15) is 5.82 Å². The number of fused-ring (bicyclic) bond motifs is 1. The van der Waals surface area contributed by atoms with Crippen LogP contribution in [0.4, 0.5) is 10.1 Å². The normalized spacial score (nSPS) is 25.0. The van der Waals surface area contributed by atoms with E-state index in [9.17, 15) is 9.18 Å². The average molecular weight is 413 g/mol. The van der Waals surface area contributed by atoms with Crippen LogP contribution < -0.4 is 5.32 Å². The number of halogens is 1. The molecular formula is C26H24FN3O. The summed E-state index contributed by atoms with van der Waals surface area (Å²) < 4.78 is 13.8. The largest absolute Gasteiger partial charge is 0.326 e. The minimum absolute atomic E-state index is 0.0377. The summed E-state index contributed by atoms with van der Waals surface area (Å²) in [5, 5.41) is 12.9. The Balaban J connectivity index is 1.28. The number of nitriles is 1. The van der Waals surface area contributed by atoms with Gasteiger partial charge >= 0.3 is 0 Å². The van der Waals surface area contributed by atoms with E-state index >= 15 is 0 Å². The van der Waals surface area contributed by atoms with Crippen LogP contribution in [0.1, 0.15) is 55.6 Å². The van der Waals surface area contributed by atoms with Gasteiger partial charge in [-0.05, 0) is 104 Å². The van der Waals surface area contributed by atoms with Gasteiger partial charge in [-0.15, -0.1) is 0 Å². The second-order valence-electron chi connectivity index (χ2n) is 8.97. The molecule has 2 aliphatic rings. The first-order valence-corrected chi connectivity index (χ1v) is 10.9. The fourth-order valence-corrected chi connectivity index (χ4v) is 5.56. The summed E-state index contributed by atoms with van der Waals surface area (Å²) in [6.45, 7) is 0. The van der Waals surface area contributed by atoms with E-state index in [4.69, 9.17) is 5.26 Å². The molecule has 0 saturated heterocycles. The summed E-state index contributed by atoms with van der Waals surface area (Å²) >= 11 is 0. The van der Waals surface area contributed by atoms with E-state index < -0.39 is 0 Å². The lowest BCUT2D eigenvalue weighted by atomic mass is 9.52. The quantitative estimate of drug-likeness (QED) is 0.578. The van der Waals surface area contributed by atoms with E-state index in [0.717, 1.165) is 55.1 Å². The SMILES string of the molecule is N#Cc1ccc(NC(=O)[C@H]2CCC23CCC(c2ccnc4ccc(F)cc24)CC3)cc1. The molecule has 2 aliphatic carbocycles. The maximum atomic E-state index is 13.8. The number of aromatic nitrogens is 1. The summed E-state index contributed by atoms with van der Waals surface area (Å²) in [4.78, 5) is 17.3. The van der Waals surface area contributed by atoms with Crippen molar-refractivity contribution in [2.75, 3.05) is 5.32 Å². The van der Waals surface area contributed by atoms with Crippen LogP contribution in [-0.2, 0) is 4.79 Å². The van der Waals surface area contributed by atoms with E-state index in [1.165, 1.54) is 11.6 Å². The van der Waals surface area contributed by atoms with Crippen LogP contribution in [0.15, 0.2) is 54.7 Å². The molecule has 1 aromatic heterocycles. The van der Waals surface area contributed by atoms with Crippen LogP contribution in [0.2, 0.25) is 0 Å². The predicted octanol–water partition coefficient (Wildman–Crippen LogP) is 5.94. The fraction of sp³-hybridized carbons (Fsp3) is 0.346. The molecule has 1 atom stereocenters. The van der Waals surface area contributed by atoms with Gasteiger partial charge in [0.2, 0.25) is 5.91 Å². The van der Waals surface area contributed by atoms with Crippen LogP contribution in [-0.4, -0.2) is 10.9 Å². The highest BCUT2D eigenvalue weighted by Crippen LogP contribution is 2.58. The first-order valence-electron chi connectivity index (χ1n) is 10.9. The topological polar surface area (TPSA) is 65.8 Å². The number of rotatable bonds is 3. The lowest BCUT2D eigenvalue weighted by Gasteiger charge is -2.52. The first-order chi connectivity index (χ1) is 15.1. The Hall–Kier alpha value is -3.26. The molecule has 0 bridgehead atoms. The van der Waals surface area contributed by atoms with Gasteiger partial charge in [-0.3, -0.25) is 9.78 Å². The van der Waals surface area contributed by atoms with E-state index in [2.05, 4.69) is 16.4 Å². The molecule has 1 spiro atoms. The van der Waals surface area contributed by atoms with E-state index in [0.29, 0.717) is 11.5 Å². The fourth-order valence-electron chi connectivity index (χ4n) is 5.56. The Morgan fingerprint density at radius 1 is 1.06 bits per heavy atom. The zero-order chi connectivity index (χ0) is 21.4. The predicted molar refractivity (Wildman–Crippen MR) is 118 cm³/mol. The average Bonchev–Trinajstić information content (AvgIpc) is 2.78. The molecule has 2 fully saturated rings. The van der Waals surface area contributed by atoms with Crippen LogP contribution in [0, 0.1) is 28.5 Å². The molecular weight excluding hydrogens is 389 g/mol. The number of carbonyl (C=O) groups is 1. The standard InChI is InChI=1S/C26H24FN3O/c27-19-3-6-24-22(15-19)21(10-14-29-24)18-7-11-26(12-8-18)13-9-23(26)25(31)30-20-4-1-17(16-28)2-5-20/h1-6,10,14-15,18,23H,7-9,11-13H2,(H,30,31)/t18?,23-,26?/m1/s1. The highest BCUT2D eigenvalue weighted by Gasteiger charge is 2.51. The van der Waals surface area contributed by atoms with Gasteiger partial charge in [0.25, 0.3) is 0 Å². The molecule has 1 amide bonds. The highest BCUT2D eigenvalue weighted by molar-refractivity contribution is 5.93. The number of nitrogens with one attached hydrogen (secondary N) is 1. The van der Waals surface area contributed by atoms with E-state index in [1.54, 1.807) is 36.4 Å². The Morgan fingerprint density at radius 2 is 1.81 bits per heavy atom. The number of anilines is 1. The molecule has 5 heteroatoms. The van der Waals surface area contributed by atoms with Crippen LogP contribution >= 0.6 is 0 Å². The molecule has 0 aliphatic heterocycles. The Kier molecular flexibility index (Phi) is 4.94. The van der Waals surface area contributed by atoms with Crippen molar-refractivity contribution in [3.05, 3.63) is 71.7 Å². The molecule has 5 rings (SSSR count). The summed E-state index contributed by atoms with van der Waals surface area (Å²) in [5.41, 5.74) is 3.42. The third-order valence-corrected chi connectivity index (χ3v) is 7.43. The number of hydrogen-bond donors (Lipinski definition) is 1. The molecule has 0 unspecified atom stereocenters. The van der Waals surface area contributed by atoms with Crippen molar-refractivity contribution < 1.29 is 9.18 Å². The van der Waals surface area contributed by atoms with Gasteiger partial charge < -0.3 is 5.32 Å². The summed E-state index contributed by atoms with van der Waals surface area (Å²) in [6, 6.07) is 15.9. The number of benzene rings is 2. The number of pyridine rings is 1. The Bertz CT molecular complexity index is 1170. The first kappa shape index (κ1) is 19.7. The summed E-state index contributed by atoms with van der Waals surface area (Å²) in [6.07, 6.45) is 7.89. The Labute approximate surface area is 181 Å². The van der Waals surface area contributed by atoms with Crippen LogP contribution in [0.5, 0.6) is 0 Å². The van der Waals surface area contributed by atoms with E-state index in [-0.39, 0.29) is 23.1 Å². The monoisotopic (exact) mass is 413 g/mol. The molecule has 3 aromatic rings. The zero-order valence-electron chi connectivity index (χ0n) is 17.3. The number of hydrogen-bond acceptors (Lipinski definition) is 3. The second kappa shape index (κ2) is 7.77. The van der Waals surface area contributed by atoms with Crippen molar-refractivity contribution in [1.82, 2.24) is 4.98 Å². The van der Waals surface area contributed by atoms with Gasteiger partial charge in [0.15, 0.2) is 0 Å².